The van der Waals surface area contributed by atoms with Gasteiger partial charge in [-0.1, -0.05) is 21.1 Å². The lowest BCUT2D eigenvalue weighted by Crippen LogP contribution is -2.49. The molecular formula is C22H25Br4N3O6. The average Bonchev–Trinajstić information content (AvgIpc) is 3.06. The molecule has 0 unspecified atom stereocenters. The molecule has 2 heterocycles. The van der Waals surface area contributed by atoms with E-state index in [4.69, 9.17) is 19.0 Å². The lowest BCUT2D eigenvalue weighted by molar-refractivity contribution is -0.225. The van der Waals surface area contributed by atoms with Crippen LogP contribution in [0.3, 0.4) is 0 Å². The largest absolute Gasteiger partial charge is 0.495 e. The zero-order chi connectivity index (χ0) is 25.6. The number of methoxy groups -OCH3 is 1. The number of amides is 1. The van der Waals surface area contributed by atoms with Crippen molar-refractivity contribution in [3.05, 3.63) is 47.6 Å². The summed E-state index contributed by atoms with van der Waals surface area (Å²) in [6, 6.07) is 4.06. The highest BCUT2D eigenvalue weighted by atomic mass is 79.9. The average molecular weight is 747 g/mol. The van der Waals surface area contributed by atoms with E-state index in [1.807, 2.05) is 19.2 Å². The molecule has 1 amide bonds. The van der Waals surface area contributed by atoms with Gasteiger partial charge in [0.2, 0.25) is 0 Å². The van der Waals surface area contributed by atoms with Crippen LogP contribution in [0.1, 0.15) is 18.4 Å². The third-order valence-electron chi connectivity index (χ3n) is 5.21. The van der Waals surface area contributed by atoms with Crippen molar-refractivity contribution in [3.8, 4) is 5.75 Å². The fourth-order valence-corrected chi connectivity index (χ4v) is 6.44. The van der Waals surface area contributed by atoms with Crippen LogP contribution in [-0.4, -0.2) is 62.5 Å². The summed E-state index contributed by atoms with van der Waals surface area (Å²) in [7, 11) is 3.42. The van der Waals surface area contributed by atoms with Gasteiger partial charge in [-0.25, -0.2) is 0 Å². The minimum atomic E-state index is -1.58. The number of aliphatic hydroxyl groups is 1. The summed E-state index contributed by atoms with van der Waals surface area (Å²) in [6.45, 7) is 1.58. The Hall–Kier alpha value is -1.12. The number of oxime groups is 1. The Bertz CT molecular complexity index is 1030. The van der Waals surface area contributed by atoms with Crippen molar-refractivity contribution < 1.29 is 28.9 Å². The number of likely N-dealkylation sites (N-methyl/N-ethyl adjacent to an activating group) is 1. The van der Waals surface area contributed by atoms with E-state index in [2.05, 4.69) is 79.5 Å². The Morgan fingerprint density at radius 1 is 1.26 bits per heavy atom. The van der Waals surface area contributed by atoms with Crippen LogP contribution in [0.2, 0.25) is 0 Å². The van der Waals surface area contributed by atoms with Crippen LogP contribution < -0.4 is 15.4 Å². The minimum absolute atomic E-state index is 0.0779. The molecule has 2 aliphatic heterocycles. The lowest BCUT2D eigenvalue weighted by atomic mass is 10.0. The maximum Gasteiger partial charge on any atom is 0.311 e. The van der Waals surface area contributed by atoms with Gasteiger partial charge in [0.15, 0.2) is 11.8 Å². The normalized spacial score (nSPS) is 21.6. The Kier molecular flexibility index (Phi) is 10.5. The molecule has 0 radical (unpaired) electrons. The molecule has 0 saturated carbocycles. The van der Waals surface area contributed by atoms with E-state index in [9.17, 15) is 9.90 Å². The second kappa shape index (κ2) is 12.9. The predicted octanol–water partition coefficient (Wildman–Crippen LogP) is 4.21. The van der Waals surface area contributed by atoms with Gasteiger partial charge in [-0.15, -0.1) is 0 Å². The summed E-state index contributed by atoms with van der Waals surface area (Å²) >= 11 is 13.9. The SMILES string of the molecule is CNCCc1cc(Br)c(OCCCNC(=O)C2=NO[C@]3(CC(Br)=C(OC)C(Br)=CO3)[C@@H]2O)c(Br)c1. The van der Waals surface area contributed by atoms with Gasteiger partial charge >= 0.3 is 5.79 Å². The van der Waals surface area contributed by atoms with E-state index < -0.39 is 17.8 Å². The second-order valence-corrected chi connectivity index (χ2v) is 11.2. The summed E-state index contributed by atoms with van der Waals surface area (Å²) in [6.07, 6.45) is 1.45. The molecule has 3 N–H and O–H groups in total. The third kappa shape index (κ3) is 6.80. The number of aliphatic hydroxyl groups excluding tert-OH is 1. The minimum Gasteiger partial charge on any atom is -0.495 e. The second-order valence-electron chi connectivity index (χ2n) is 7.68. The van der Waals surface area contributed by atoms with Gasteiger partial charge in [-0.2, -0.15) is 0 Å². The van der Waals surface area contributed by atoms with Crippen molar-refractivity contribution in [2.45, 2.75) is 31.2 Å². The summed E-state index contributed by atoms with van der Waals surface area (Å²) < 4.78 is 19.7. The van der Waals surface area contributed by atoms with Gasteiger partial charge in [0.25, 0.3) is 5.91 Å². The number of carbonyl (C=O) groups is 1. The first-order valence-corrected chi connectivity index (χ1v) is 13.8. The number of allylic oxidation sites excluding steroid dienone is 1. The molecule has 1 spiro atoms. The van der Waals surface area contributed by atoms with Crippen molar-refractivity contribution in [2.24, 2.45) is 5.16 Å². The van der Waals surface area contributed by atoms with Crippen LogP contribution in [0.5, 0.6) is 5.75 Å². The highest BCUT2D eigenvalue weighted by Crippen LogP contribution is 2.41. The lowest BCUT2D eigenvalue weighted by Gasteiger charge is -2.27. The maximum absolute atomic E-state index is 12.6. The zero-order valence-electron chi connectivity index (χ0n) is 19.0. The Morgan fingerprint density at radius 2 is 1.97 bits per heavy atom. The van der Waals surface area contributed by atoms with Gasteiger partial charge in [0.1, 0.15) is 17.8 Å². The summed E-state index contributed by atoms with van der Waals surface area (Å²) in [5.41, 5.74) is 1.01. The zero-order valence-corrected chi connectivity index (χ0v) is 25.3. The number of halogens is 4. The van der Waals surface area contributed by atoms with Crippen LogP contribution in [0.15, 0.2) is 47.2 Å². The number of benzene rings is 1. The molecule has 1 aromatic rings. The van der Waals surface area contributed by atoms with E-state index in [1.165, 1.54) is 18.9 Å². The number of hydrogen-bond donors (Lipinski definition) is 3. The van der Waals surface area contributed by atoms with Crippen LogP contribution >= 0.6 is 63.7 Å². The van der Waals surface area contributed by atoms with Crippen molar-refractivity contribution in [3.63, 3.8) is 0 Å². The Morgan fingerprint density at radius 3 is 2.63 bits per heavy atom. The van der Waals surface area contributed by atoms with Crippen LogP contribution in [-0.2, 0) is 25.5 Å². The van der Waals surface area contributed by atoms with Crippen LogP contribution in [0.4, 0.5) is 0 Å². The standard InChI is InChI=1S/C22H25Br4N3O6/c1-27-6-4-12-8-13(23)19(14(24)9-12)33-7-3-5-28-21(31)17-20(30)22(35-29-17)10-15(25)18(32-2)16(26)11-34-22/h8-9,11,20,27,30H,3-7,10H2,1-2H3,(H,28,31)/t20-,22-/m1/s1. The molecule has 1 aromatic carbocycles. The fourth-order valence-electron chi connectivity index (χ4n) is 3.40. The molecule has 0 bridgehead atoms. The highest BCUT2D eigenvalue weighted by molar-refractivity contribution is 9.12. The summed E-state index contributed by atoms with van der Waals surface area (Å²) in [4.78, 5) is 18.0. The topological polar surface area (TPSA) is 111 Å². The van der Waals surface area contributed by atoms with Crippen molar-refractivity contribution >= 4 is 75.3 Å². The van der Waals surface area contributed by atoms with Gasteiger partial charge in [0, 0.05) is 11.0 Å². The summed E-state index contributed by atoms with van der Waals surface area (Å²) in [5.74, 6) is -0.935. The molecule has 0 aliphatic carbocycles. The van der Waals surface area contributed by atoms with E-state index >= 15 is 0 Å². The van der Waals surface area contributed by atoms with E-state index in [0.717, 1.165) is 21.9 Å². The van der Waals surface area contributed by atoms with E-state index in [-0.39, 0.29) is 12.1 Å². The molecule has 3 rings (SSSR count). The first-order chi connectivity index (χ1) is 16.7. The maximum atomic E-state index is 12.6. The first kappa shape index (κ1) is 28.5. The molecule has 0 saturated heterocycles. The Labute approximate surface area is 237 Å². The smallest absolute Gasteiger partial charge is 0.311 e. The number of rotatable bonds is 10. The number of nitrogens with one attached hydrogen (secondary N) is 2. The molecule has 192 valence electrons. The van der Waals surface area contributed by atoms with E-state index in [1.54, 1.807) is 0 Å². The molecule has 35 heavy (non-hydrogen) atoms. The van der Waals surface area contributed by atoms with Gasteiger partial charge in [-0.3, -0.25) is 4.79 Å². The van der Waals surface area contributed by atoms with E-state index in [0.29, 0.717) is 40.0 Å². The fraction of sp³-hybridized carbons (Fsp3) is 0.455. The van der Waals surface area contributed by atoms with Crippen molar-refractivity contribution in [1.29, 1.82) is 0 Å². The van der Waals surface area contributed by atoms with Gasteiger partial charge in [0.05, 0.1) is 33.6 Å². The molecule has 9 nitrogen and oxygen atoms in total. The number of carbonyl (C=O) groups excluding carboxylic acids is 1. The van der Waals surface area contributed by atoms with Crippen molar-refractivity contribution in [1.82, 2.24) is 10.6 Å². The quantitative estimate of drug-likeness (QED) is 0.308. The molecule has 2 atom stereocenters. The number of hydrogen-bond acceptors (Lipinski definition) is 8. The molecule has 13 heteroatoms. The number of nitrogens with zero attached hydrogens (tertiary/aromatic N) is 1. The highest BCUT2D eigenvalue weighted by Gasteiger charge is 2.54. The van der Waals surface area contributed by atoms with Gasteiger partial charge in [-0.05, 0) is 91.9 Å². The summed E-state index contributed by atoms with van der Waals surface area (Å²) in [5, 5.41) is 20.5. The Balaban J connectivity index is 1.49. The first-order valence-electron chi connectivity index (χ1n) is 10.7. The van der Waals surface area contributed by atoms with Gasteiger partial charge < -0.3 is 34.8 Å². The predicted molar refractivity (Wildman–Crippen MR) is 146 cm³/mol. The monoisotopic (exact) mass is 743 g/mol. The van der Waals surface area contributed by atoms with Crippen molar-refractivity contribution in [2.75, 3.05) is 33.9 Å². The number of ether oxygens (including phenoxy) is 3. The molecule has 0 fully saturated rings. The third-order valence-corrected chi connectivity index (χ3v) is 7.58. The molecular weight excluding hydrogens is 722 g/mol. The molecule has 0 aromatic heterocycles. The van der Waals surface area contributed by atoms with Crippen LogP contribution in [0, 0.1) is 0 Å². The molecule has 2 aliphatic rings. The van der Waals surface area contributed by atoms with Crippen LogP contribution in [0.25, 0.3) is 0 Å².